The van der Waals surface area contributed by atoms with Crippen LogP contribution in [0.1, 0.15) is 41.6 Å². The highest BCUT2D eigenvalue weighted by molar-refractivity contribution is 5.77. The third-order valence-corrected chi connectivity index (χ3v) is 5.27. The van der Waals surface area contributed by atoms with Gasteiger partial charge in [0.15, 0.2) is 0 Å². The predicted octanol–water partition coefficient (Wildman–Crippen LogP) is 3.09. The van der Waals surface area contributed by atoms with Gasteiger partial charge in [0.05, 0.1) is 12.5 Å². The van der Waals surface area contributed by atoms with Crippen LogP contribution in [0.15, 0.2) is 48.5 Å². The van der Waals surface area contributed by atoms with Gasteiger partial charge in [0.2, 0.25) is 5.91 Å². The highest BCUT2D eigenvalue weighted by atomic mass is 19.1. The second-order valence-electron chi connectivity index (χ2n) is 6.80. The molecule has 2 aliphatic carbocycles. The summed E-state index contributed by atoms with van der Waals surface area (Å²) in [6.45, 7) is 0. The number of hydrogen-bond donors (Lipinski definition) is 2. The largest absolute Gasteiger partial charge is 0.388 e. The van der Waals surface area contributed by atoms with E-state index in [4.69, 9.17) is 0 Å². The van der Waals surface area contributed by atoms with Gasteiger partial charge >= 0.3 is 0 Å². The molecule has 1 fully saturated rings. The number of fused-ring (bicyclic) bond motifs is 3. The lowest BCUT2D eigenvalue weighted by Gasteiger charge is -2.13. The number of hydrogen-bond acceptors (Lipinski definition) is 2. The fourth-order valence-corrected chi connectivity index (χ4v) is 4.02. The Bertz CT molecular complexity index is 776. The number of aliphatic hydroxyl groups excluding tert-OH is 1. The Morgan fingerprint density at radius 2 is 2.08 bits per heavy atom. The van der Waals surface area contributed by atoms with E-state index in [1.807, 2.05) is 6.07 Å². The number of aliphatic hydroxyl groups is 1. The van der Waals surface area contributed by atoms with Crippen LogP contribution in [0.3, 0.4) is 0 Å². The van der Waals surface area contributed by atoms with Gasteiger partial charge in [-0.1, -0.05) is 36.4 Å². The fourth-order valence-electron chi connectivity index (χ4n) is 4.02. The summed E-state index contributed by atoms with van der Waals surface area (Å²) in [6, 6.07) is 14.4. The van der Waals surface area contributed by atoms with Gasteiger partial charge in [0.1, 0.15) is 5.82 Å². The summed E-state index contributed by atoms with van der Waals surface area (Å²) in [5.41, 5.74) is 3.17. The topological polar surface area (TPSA) is 49.3 Å². The summed E-state index contributed by atoms with van der Waals surface area (Å²) in [7, 11) is 0. The highest BCUT2D eigenvalue weighted by Crippen LogP contribution is 2.54. The first-order chi connectivity index (χ1) is 11.6. The minimum absolute atomic E-state index is 0.0406. The molecule has 0 radical (unpaired) electrons. The minimum atomic E-state index is -0.978. The molecule has 2 aromatic carbocycles. The van der Waals surface area contributed by atoms with Gasteiger partial charge in [-0.15, -0.1) is 0 Å². The number of halogens is 1. The van der Waals surface area contributed by atoms with E-state index in [2.05, 4.69) is 23.5 Å². The molecule has 4 rings (SSSR count). The third-order valence-electron chi connectivity index (χ3n) is 5.27. The Kier molecular flexibility index (Phi) is 3.85. The zero-order chi connectivity index (χ0) is 16.7. The first-order valence-corrected chi connectivity index (χ1v) is 8.44. The second-order valence-corrected chi connectivity index (χ2v) is 6.80. The molecule has 0 spiro atoms. The predicted molar refractivity (Wildman–Crippen MR) is 88.9 cm³/mol. The molecule has 1 amide bonds. The molecule has 0 aliphatic heterocycles. The van der Waals surface area contributed by atoms with E-state index in [0.29, 0.717) is 17.4 Å². The normalized spacial score (nSPS) is 25.3. The fraction of sp³-hybridized carbons (Fsp3) is 0.350. The van der Waals surface area contributed by atoms with E-state index >= 15 is 0 Å². The van der Waals surface area contributed by atoms with E-state index in [1.165, 1.54) is 29.3 Å². The summed E-state index contributed by atoms with van der Waals surface area (Å²) >= 11 is 0. The molecule has 0 saturated heterocycles. The number of amides is 1. The van der Waals surface area contributed by atoms with Crippen molar-refractivity contribution in [1.29, 1.82) is 0 Å². The Hall–Kier alpha value is -2.20. The Balaban J connectivity index is 1.38. The summed E-state index contributed by atoms with van der Waals surface area (Å²) < 4.78 is 13.2. The number of aryl methyl sites for hydroxylation is 1. The van der Waals surface area contributed by atoms with E-state index < -0.39 is 11.9 Å². The lowest BCUT2D eigenvalue weighted by Crippen LogP contribution is -2.28. The highest BCUT2D eigenvalue weighted by Gasteiger charge is 2.53. The van der Waals surface area contributed by atoms with Gasteiger partial charge in [-0.3, -0.25) is 4.79 Å². The Morgan fingerprint density at radius 3 is 2.92 bits per heavy atom. The Morgan fingerprint density at radius 1 is 1.25 bits per heavy atom. The molecule has 0 bridgehead atoms. The van der Waals surface area contributed by atoms with Crippen molar-refractivity contribution in [1.82, 2.24) is 5.32 Å². The number of rotatable bonds is 4. The van der Waals surface area contributed by atoms with Crippen molar-refractivity contribution in [3.05, 3.63) is 71.0 Å². The maximum Gasteiger partial charge on any atom is 0.223 e. The van der Waals surface area contributed by atoms with Crippen LogP contribution < -0.4 is 5.32 Å². The number of benzene rings is 2. The maximum absolute atomic E-state index is 13.2. The summed E-state index contributed by atoms with van der Waals surface area (Å²) in [4.78, 5) is 12.3. The van der Waals surface area contributed by atoms with E-state index in [-0.39, 0.29) is 18.4 Å². The van der Waals surface area contributed by atoms with Crippen molar-refractivity contribution in [3.63, 3.8) is 0 Å². The third kappa shape index (κ3) is 2.82. The summed E-state index contributed by atoms with van der Waals surface area (Å²) in [5.74, 6) is 0.334. The molecule has 3 nitrogen and oxygen atoms in total. The van der Waals surface area contributed by atoms with Crippen LogP contribution in [-0.4, -0.2) is 17.1 Å². The van der Waals surface area contributed by atoms with Crippen LogP contribution in [0.25, 0.3) is 0 Å². The summed E-state index contributed by atoms with van der Waals surface area (Å²) in [5, 5.41) is 13.2. The molecule has 4 heteroatoms. The van der Waals surface area contributed by atoms with Gasteiger partial charge < -0.3 is 10.4 Å². The molecule has 2 aromatic rings. The SMILES string of the molecule is O=C(CC(O)c1cccc(F)c1)NC1C2CCc3ccccc3C21. The standard InChI is InChI=1S/C20H20FNO2/c21-14-6-3-5-13(10-14)17(23)11-18(24)22-20-16-9-8-12-4-1-2-7-15(12)19(16)20/h1-7,10,16-17,19-20,23H,8-9,11H2,(H,22,24). The van der Waals surface area contributed by atoms with Crippen molar-refractivity contribution >= 4 is 5.91 Å². The zero-order valence-electron chi connectivity index (χ0n) is 13.3. The average molecular weight is 325 g/mol. The minimum Gasteiger partial charge on any atom is -0.388 e. The average Bonchev–Trinajstić information content (AvgIpc) is 3.28. The Labute approximate surface area is 140 Å². The number of carbonyl (C=O) groups excluding carboxylic acids is 1. The lowest BCUT2D eigenvalue weighted by molar-refractivity contribution is -0.123. The first kappa shape index (κ1) is 15.3. The number of nitrogens with one attached hydrogen (secondary N) is 1. The van der Waals surface area contributed by atoms with Crippen molar-refractivity contribution in [2.45, 2.75) is 37.3 Å². The van der Waals surface area contributed by atoms with Crippen molar-refractivity contribution < 1.29 is 14.3 Å². The lowest BCUT2D eigenvalue weighted by atomic mass is 9.92. The van der Waals surface area contributed by atoms with Crippen molar-refractivity contribution in [2.24, 2.45) is 5.92 Å². The van der Waals surface area contributed by atoms with Gasteiger partial charge in [-0.05, 0) is 47.6 Å². The van der Waals surface area contributed by atoms with Crippen LogP contribution in [0, 0.1) is 11.7 Å². The van der Waals surface area contributed by atoms with Crippen LogP contribution in [0.2, 0.25) is 0 Å². The number of carbonyl (C=O) groups is 1. The van der Waals surface area contributed by atoms with E-state index in [9.17, 15) is 14.3 Å². The van der Waals surface area contributed by atoms with Gasteiger partial charge in [-0.2, -0.15) is 0 Å². The molecule has 0 aromatic heterocycles. The molecule has 0 heterocycles. The van der Waals surface area contributed by atoms with E-state index in [1.54, 1.807) is 6.07 Å². The molecular formula is C20H20FNO2. The smallest absolute Gasteiger partial charge is 0.223 e. The van der Waals surface area contributed by atoms with E-state index in [0.717, 1.165) is 12.8 Å². The van der Waals surface area contributed by atoms with Crippen LogP contribution >= 0.6 is 0 Å². The molecule has 1 saturated carbocycles. The molecule has 2 N–H and O–H groups in total. The van der Waals surface area contributed by atoms with Crippen LogP contribution in [0.5, 0.6) is 0 Å². The molecule has 4 unspecified atom stereocenters. The van der Waals surface area contributed by atoms with Crippen LogP contribution in [-0.2, 0) is 11.2 Å². The van der Waals surface area contributed by atoms with Gasteiger partial charge in [-0.25, -0.2) is 4.39 Å². The van der Waals surface area contributed by atoms with Crippen molar-refractivity contribution in [2.75, 3.05) is 0 Å². The first-order valence-electron chi connectivity index (χ1n) is 8.44. The molecule has 24 heavy (non-hydrogen) atoms. The van der Waals surface area contributed by atoms with Gasteiger partial charge in [0, 0.05) is 12.0 Å². The second kappa shape index (κ2) is 6.02. The van der Waals surface area contributed by atoms with Crippen LogP contribution in [0.4, 0.5) is 4.39 Å². The molecule has 2 aliphatic rings. The molecular weight excluding hydrogens is 305 g/mol. The molecule has 124 valence electrons. The summed E-state index contributed by atoms with van der Waals surface area (Å²) in [6.07, 6.45) is 1.14. The van der Waals surface area contributed by atoms with Crippen molar-refractivity contribution in [3.8, 4) is 0 Å². The molecule has 4 atom stereocenters. The quantitative estimate of drug-likeness (QED) is 0.907. The monoisotopic (exact) mass is 325 g/mol. The van der Waals surface area contributed by atoms with Gasteiger partial charge in [0.25, 0.3) is 0 Å². The zero-order valence-corrected chi connectivity index (χ0v) is 13.3. The maximum atomic E-state index is 13.2.